The quantitative estimate of drug-likeness (QED) is 0.394. The van der Waals surface area contributed by atoms with Crippen molar-refractivity contribution >= 4 is 61.5 Å². The third-order valence-electron chi connectivity index (χ3n) is 3.68. The van der Waals surface area contributed by atoms with Gasteiger partial charge in [-0.25, -0.2) is 0 Å². The molecule has 28 heavy (non-hydrogen) atoms. The Kier molecular flexibility index (Phi) is 9.79. The summed E-state index contributed by atoms with van der Waals surface area (Å²) in [6.07, 6.45) is 5.44. The van der Waals surface area contributed by atoms with Gasteiger partial charge < -0.3 is 22.5 Å². The van der Waals surface area contributed by atoms with Crippen molar-refractivity contribution in [3.8, 4) is 23.0 Å². The van der Waals surface area contributed by atoms with Gasteiger partial charge in [0, 0.05) is 0 Å². The number of allylic oxidation sites excluding steroid dienone is 2. The first-order chi connectivity index (χ1) is 12.9. The molecule has 0 aliphatic rings. The van der Waals surface area contributed by atoms with Crippen molar-refractivity contribution in [2.24, 2.45) is 0 Å². The van der Waals surface area contributed by atoms with Crippen LogP contribution in [0, 0.1) is 0 Å². The van der Waals surface area contributed by atoms with E-state index in [0.29, 0.717) is 22.6 Å². The number of hydrogen-bond acceptors (Lipinski definition) is 6. The zero-order chi connectivity index (χ0) is 19.8. The first-order valence-electron chi connectivity index (χ1n) is 8.08. The van der Waals surface area contributed by atoms with Crippen LogP contribution >= 0.6 is 0 Å². The number of ether oxygens (including phenoxy) is 2. The van der Waals surface area contributed by atoms with Gasteiger partial charge in [0.05, 0.1) is 20.6 Å². The second kappa shape index (κ2) is 11.5. The zero-order valence-corrected chi connectivity index (χ0v) is 17.9. The van der Waals surface area contributed by atoms with Gasteiger partial charge in [0.1, 0.15) is 0 Å². The van der Waals surface area contributed by atoms with Gasteiger partial charge in [-0.15, -0.1) is 0 Å². The molecule has 2 aromatic rings. The molecule has 2 N–H and O–H groups in total. The van der Waals surface area contributed by atoms with E-state index in [2.05, 4.69) is 0 Å². The van der Waals surface area contributed by atoms with Crippen LogP contribution < -0.4 is 9.47 Å². The van der Waals surface area contributed by atoms with Crippen molar-refractivity contribution in [1.29, 1.82) is 0 Å². The molecule has 0 fully saturated rings. The van der Waals surface area contributed by atoms with Gasteiger partial charge in [0.2, 0.25) is 0 Å². The van der Waals surface area contributed by atoms with Crippen LogP contribution in [0.3, 0.4) is 0 Å². The van der Waals surface area contributed by atoms with Gasteiger partial charge in [-0.05, 0) is 47.5 Å². The monoisotopic (exact) mass is 410 g/mol. The fraction of sp³-hybridized carbons (Fsp3) is 0.143. The predicted octanol–water partition coefficient (Wildman–Crippen LogP) is 3.21. The van der Waals surface area contributed by atoms with Gasteiger partial charge in [-0.2, -0.15) is 0 Å². The summed E-state index contributed by atoms with van der Waals surface area (Å²) < 4.78 is 10.00. The molecule has 6 nitrogen and oxygen atoms in total. The number of hydrogen-bond donors (Lipinski definition) is 2. The Bertz CT molecular complexity index is 839. The summed E-state index contributed by atoms with van der Waals surface area (Å²) in [6.45, 7) is 0. The summed E-state index contributed by atoms with van der Waals surface area (Å²) in [5.74, 6) is -0.0832. The van der Waals surface area contributed by atoms with Gasteiger partial charge in [-0.3, -0.25) is 9.59 Å². The fourth-order valence-electron chi connectivity index (χ4n) is 2.26. The molecule has 0 saturated heterocycles. The summed E-state index contributed by atoms with van der Waals surface area (Å²) in [4.78, 5) is 23.9. The molecule has 0 amide bonds. The largest absolute Gasteiger partial charge is 2.00 e. The number of phenolic OH excluding ortho intramolecular Hbond substituents is 2. The average molecular weight is 410 g/mol. The molecule has 0 radical (unpaired) electrons. The van der Waals surface area contributed by atoms with E-state index < -0.39 is 0 Å². The molecule has 0 aliphatic heterocycles. The van der Waals surface area contributed by atoms with Crippen molar-refractivity contribution in [2.75, 3.05) is 14.2 Å². The number of carbonyl (C=O) groups excluding carboxylic acids is 2. The smallest absolute Gasteiger partial charge is 1.00 e. The molecule has 2 aromatic carbocycles. The predicted molar refractivity (Wildman–Crippen MR) is 110 cm³/mol. The van der Waals surface area contributed by atoms with Crippen molar-refractivity contribution in [3.63, 3.8) is 0 Å². The Balaban J connectivity index is 0. The second-order valence-corrected chi connectivity index (χ2v) is 5.64. The molecule has 0 unspecified atom stereocenters. The number of rotatable bonds is 8. The Morgan fingerprint density at radius 3 is 1.61 bits per heavy atom. The number of methoxy groups -OCH3 is 2. The van der Waals surface area contributed by atoms with E-state index >= 15 is 0 Å². The maximum absolute atomic E-state index is 11.9. The van der Waals surface area contributed by atoms with Gasteiger partial charge in [0.15, 0.2) is 34.6 Å². The second-order valence-electron chi connectivity index (χ2n) is 5.64. The number of phenols is 2. The molecular weight excluding hydrogens is 388 g/mol. The van der Waals surface area contributed by atoms with Crippen LogP contribution in [0.5, 0.6) is 23.0 Å². The van der Waals surface area contributed by atoms with E-state index in [9.17, 15) is 19.8 Å². The van der Waals surface area contributed by atoms with E-state index in [4.69, 9.17) is 9.47 Å². The molecule has 2 rings (SSSR count). The Hall–Kier alpha value is -2.28. The molecule has 0 atom stereocenters. The van der Waals surface area contributed by atoms with E-state index in [1.807, 2.05) is 0 Å². The van der Waals surface area contributed by atoms with E-state index in [-0.39, 0.29) is 70.1 Å². The maximum Gasteiger partial charge on any atom is 2.00 e. The molecule has 0 spiro atoms. The summed E-state index contributed by atoms with van der Waals surface area (Å²) in [5.41, 5.74) is 1.33. The third-order valence-corrected chi connectivity index (χ3v) is 3.68. The minimum absolute atomic E-state index is 0. The van der Waals surface area contributed by atoms with Gasteiger partial charge >= 0.3 is 37.7 Å². The van der Waals surface area contributed by atoms with Crippen LogP contribution in [0.2, 0.25) is 0 Å². The van der Waals surface area contributed by atoms with E-state index in [1.165, 1.54) is 38.5 Å². The first-order valence-corrected chi connectivity index (χ1v) is 8.08. The maximum atomic E-state index is 11.9. The van der Waals surface area contributed by atoms with Crippen LogP contribution in [0.4, 0.5) is 0 Å². The normalized spacial score (nSPS) is 10.6. The van der Waals surface area contributed by atoms with Crippen molar-refractivity contribution in [1.82, 2.24) is 0 Å². The Labute approximate surface area is 196 Å². The van der Waals surface area contributed by atoms with Crippen LogP contribution in [0.25, 0.3) is 12.2 Å². The molecule has 7 heteroatoms. The van der Waals surface area contributed by atoms with Crippen molar-refractivity contribution in [2.45, 2.75) is 6.42 Å². The van der Waals surface area contributed by atoms with Crippen molar-refractivity contribution in [3.05, 3.63) is 59.7 Å². The number of ketones is 2. The summed E-state index contributed by atoms with van der Waals surface area (Å²) in [6, 6.07) is 9.34. The fourth-order valence-corrected chi connectivity index (χ4v) is 2.26. The minimum Gasteiger partial charge on any atom is -1.00 e. The third kappa shape index (κ3) is 7.03. The Morgan fingerprint density at radius 2 is 1.25 bits per heavy atom. The molecular formula is C21H22CaO6. The van der Waals surface area contributed by atoms with Gasteiger partial charge in [0.25, 0.3) is 0 Å². The molecule has 0 heterocycles. The molecule has 0 bridgehead atoms. The molecule has 0 aliphatic carbocycles. The first kappa shape index (κ1) is 23.8. The van der Waals surface area contributed by atoms with Crippen LogP contribution in [-0.2, 0) is 9.59 Å². The van der Waals surface area contributed by atoms with Crippen molar-refractivity contribution < 1.29 is 32.1 Å². The average Bonchev–Trinajstić information content (AvgIpc) is 2.66. The molecule has 144 valence electrons. The van der Waals surface area contributed by atoms with Gasteiger partial charge in [-0.1, -0.05) is 24.3 Å². The number of aromatic hydroxyl groups is 2. The topological polar surface area (TPSA) is 93.1 Å². The van der Waals surface area contributed by atoms with Crippen LogP contribution in [0.15, 0.2) is 48.6 Å². The molecule has 0 aromatic heterocycles. The summed E-state index contributed by atoms with van der Waals surface area (Å²) >= 11 is 0. The summed E-state index contributed by atoms with van der Waals surface area (Å²) in [7, 11) is 2.87. The van der Waals surface area contributed by atoms with E-state index in [1.54, 1.807) is 36.4 Å². The van der Waals surface area contributed by atoms with E-state index in [0.717, 1.165) is 0 Å². The minimum atomic E-state index is -0.347. The summed E-state index contributed by atoms with van der Waals surface area (Å²) in [5, 5.41) is 19.1. The number of benzene rings is 2. The van der Waals surface area contributed by atoms with Crippen LogP contribution in [0.1, 0.15) is 20.4 Å². The zero-order valence-electron chi connectivity index (χ0n) is 17.7. The Morgan fingerprint density at radius 1 is 0.857 bits per heavy atom. The standard InChI is InChI=1S/C21H20O6.Ca.2H/c1-26-20-11-14(5-9-18(20)24)3-7-16(22)13-17(23)8-4-15-6-10-19(25)21(12-15)27-2;;;/h3-12,24-25H,13H2,1-2H3;;;/q;+2;2*-1. The SMILES string of the molecule is COc1cc(C=CC(=O)CC(=O)C=Cc2ccc(O)c(OC)c2)ccc1O.[Ca+2].[H-].[H-]. The number of carbonyl (C=O) groups is 2. The molecule has 0 saturated carbocycles. The van der Waals surface area contributed by atoms with Crippen LogP contribution in [-0.4, -0.2) is 73.7 Å².